The predicted molar refractivity (Wildman–Crippen MR) is 78.9 cm³/mol. The van der Waals surface area contributed by atoms with E-state index >= 15 is 0 Å². The van der Waals surface area contributed by atoms with Gasteiger partial charge in [0.1, 0.15) is 11.9 Å². The van der Waals surface area contributed by atoms with E-state index in [2.05, 4.69) is 16.0 Å². The summed E-state index contributed by atoms with van der Waals surface area (Å²) in [6, 6.07) is 5.79. The number of rotatable bonds is 3. The zero-order valence-electron chi connectivity index (χ0n) is 12.3. The van der Waals surface area contributed by atoms with Gasteiger partial charge in [-0.25, -0.2) is 4.98 Å². The maximum absolute atomic E-state index is 10.2. The molecule has 1 aromatic heterocycles. The molecule has 1 saturated heterocycles. The maximum atomic E-state index is 10.2. The van der Waals surface area contributed by atoms with Crippen LogP contribution in [0.15, 0.2) is 18.3 Å². The fraction of sp³-hybridized carbons (Fsp3) is 0.625. The molecule has 0 aromatic carbocycles. The van der Waals surface area contributed by atoms with Gasteiger partial charge < -0.3 is 14.7 Å². The van der Waals surface area contributed by atoms with Gasteiger partial charge in [-0.3, -0.25) is 0 Å². The van der Waals surface area contributed by atoms with Crippen molar-refractivity contribution in [3.63, 3.8) is 0 Å². The van der Waals surface area contributed by atoms with Crippen LogP contribution in [-0.2, 0) is 4.74 Å². The average molecular weight is 287 g/mol. The number of nitrogens with zero attached hydrogens (tertiary/aromatic N) is 3. The largest absolute Gasteiger partial charge is 0.392 e. The van der Waals surface area contributed by atoms with Crippen molar-refractivity contribution in [3.8, 4) is 6.07 Å². The lowest BCUT2D eigenvalue weighted by atomic mass is 9.58. The fourth-order valence-electron chi connectivity index (χ4n) is 3.69. The molecule has 2 fully saturated rings. The van der Waals surface area contributed by atoms with Gasteiger partial charge in [-0.2, -0.15) is 5.26 Å². The van der Waals surface area contributed by atoms with Gasteiger partial charge in [0.2, 0.25) is 0 Å². The Balaban J connectivity index is 1.72. The molecule has 1 saturated carbocycles. The first-order valence-electron chi connectivity index (χ1n) is 7.61. The number of aromatic nitrogens is 1. The Bertz CT molecular complexity index is 545. The maximum Gasteiger partial charge on any atom is 0.146 e. The Morgan fingerprint density at radius 1 is 1.52 bits per heavy atom. The number of aliphatic hydroxyl groups excluding tert-OH is 1. The SMILES string of the molecule is CCO[C@H]1C[C@@H](O)C12CCN(c1ncccc1C#N)CC2. The van der Waals surface area contributed by atoms with Crippen LogP contribution in [0.5, 0.6) is 0 Å². The van der Waals surface area contributed by atoms with Gasteiger partial charge in [-0.05, 0) is 31.9 Å². The molecule has 2 atom stereocenters. The van der Waals surface area contributed by atoms with Crippen LogP contribution in [0.25, 0.3) is 0 Å². The molecule has 21 heavy (non-hydrogen) atoms. The first-order chi connectivity index (χ1) is 10.2. The van der Waals surface area contributed by atoms with Crippen molar-refractivity contribution in [1.29, 1.82) is 5.26 Å². The monoisotopic (exact) mass is 287 g/mol. The summed E-state index contributed by atoms with van der Waals surface area (Å²) in [4.78, 5) is 6.50. The molecule has 2 aliphatic rings. The van der Waals surface area contributed by atoms with Gasteiger partial charge in [0.05, 0.1) is 17.8 Å². The topological polar surface area (TPSA) is 69.4 Å². The van der Waals surface area contributed by atoms with E-state index in [9.17, 15) is 10.4 Å². The fourth-order valence-corrected chi connectivity index (χ4v) is 3.69. The number of hydrogen-bond donors (Lipinski definition) is 1. The summed E-state index contributed by atoms with van der Waals surface area (Å²) >= 11 is 0. The molecule has 112 valence electrons. The average Bonchev–Trinajstić information content (AvgIpc) is 2.55. The van der Waals surface area contributed by atoms with Gasteiger partial charge in [-0.15, -0.1) is 0 Å². The molecule has 0 bridgehead atoms. The molecule has 1 aromatic rings. The van der Waals surface area contributed by atoms with Crippen molar-refractivity contribution >= 4 is 5.82 Å². The van der Waals surface area contributed by atoms with Crippen molar-refractivity contribution in [3.05, 3.63) is 23.9 Å². The molecule has 2 heterocycles. The zero-order chi connectivity index (χ0) is 14.9. The minimum Gasteiger partial charge on any atom is -0.392 e. The first kappa shape index (κ1) is 14.3. The number of piperidine rings is 1. The van der Waals surface area contributed by atoms with Gasteiger partial charge in [-0.1, -0.05) is 0 Å². The summed E-state index contributed by atoms with van der Waals surface area (Å²) in [6.45, 7) is 4.32. The van der Waals surface area contributed by atoms with E-state index < -0.39 is 0 Å². The second-order valence-corrected chi connectivity index (χ2v) is 5.90. The lowest BCUT2D eigenvalue weighted by Gasteiger charge is -2.56. The normalized spacial score (nSPS) is 27.2. The summed E-state index contributed by atoms with van der Waals surface area (Å²) in [5.41, 5.74) is 0.526. The van der Waals surface area contributed by atoms with Crippen molar-refractivity contribution in [1.82, 2.24) is 4.98 Å². The van der Waals surface area contributed by atoms with Crippen LogP contribution < -0.4 is 4.90 Å². The van der Waals surface area contributed by atoms with Gasteiger partial charge >= 0.3 is 0 Å². The Hall–Kier alpha value is -1.64. The quantitative estimate of drug-likeness (QED) is 0.916. The molecule has 1 aliphatic heterocycles. The molecule has 1 aliphatic carbocycles. The molecular formula is C16H21N3O2. The van der Waals surface area contributed by atoms with Gasteiger partial charge in [0.15, 0.2) is 0 Å². The Kier molecular flexibility index (Phi) is 3.83. The third-order valence-corrected chi connectivity index (χ3v) is 5.01. The van der Waals surface area contributed by atoms with Crippen LogP contribution >= 0.6 is 0 Å². The van der Waals surface area contributed by atoms with Crippen molar-refractivity contribution < 1.29 is 9.84 Å². The standard InChI is InChI=1S/C16H21N3O2/c1-2-21-14-10-13(20)16(14)5-8-19(9-6-16)15-12(11-17)4-3-7-18-15/h3-4,7,13-14,20H,2,5-6,8-10H2,1H3/t13-,14+/m1/s1. The van der Waals surface area contributed by atoms with Crippen LogP contribution in [0.4, 0.5) is 5.82 Å². The highest BCUT2D eigenvalue weighted by Gasteiger charge is 2.56. The Morgan fingerprint density at radius 2 is 2.29 bits per heavy atom. The third kappa shape index (κ3) is 2.29. The Labute approximate surface area is 125 Å². The zero-order valence-corrected chi connectivity index (χ0v) is 12.3. The highest BCUT2D eigenvalue weighted by molar-refractivity contribution is 5.53. The number of pyridine rings is 1. The molecule has 0 unspecified atom stereocenters. The smallest absolute Gasteiger partial charge is 0.146 e. The summed E-state index contributed by atoms with van der Waals surface area (Å²) in [5.74, 6) is 0.761. The van der Waals surface area contributed by atoms with E-state index in [-0.39, 0.29) is 17.6 Å². The molecule has 0 radical (unpaired) electrons. The predicted octanol–water partition coefficient (Wildman–Crippen LogP) is 1.71. The van der Waals surface area contributed by atoms with E-state index in [0.717, 1.165) is 38.2 Å². The lowest BCUT2D eigenvalue weighted by Crippen LogP contribution is -2.62. The first-order valence-corrected chi connectivity index (χ1v) is 7.61. The highest BCUT2D eigenvalue weighted by Crippen LogP contribution is 2.51. The Morgan fingerprint density at radius 3 is 2.90 bits per heavy atom. The van der Waals surface area contributed by atoms with E-state index in [1.807, 2.05) is 6.92 Å². The summed E-state index contributed by atoms with van der Waals surface area (Å²) in [6.07, 6.45) is 4.18. The summed E-state index contributed by atoms with van der Waals surface area (Å²) < 4.78 is 5.78. The minimum atomic E-state index is -0.254. The van der Waals surface area contributed by atoms with Crippen LogP contribution in [0.3, 0.4) is 0 Å². The van der Waals surface area contributed by atoms with Crippen LogP contribution in [0.2, 0.25) is 0 Å². The van der Waals surface area contributed by atoms with Gasteiger partial charge in [0, 0.05) is 37.7 Å². The number of nitriles is 1. The van der Waals surface area contributed by atoms with Crippen molar-refractivity contribution in [2.24, 2.45) is 5.41 Å². The number of hydrogen-bond acceptors (Lipinski definition) is 5. The van der Waals surface area contributed by atoms with E-state index in [1.54, 1.807) is 18.3 Å². The summed E-state index contributed by atoms with van der Waals surface area (Å²) in [5, 5.41) is 19.4. The van der Waals surface area contributed by atoms with E-state index in [0.29, 0.717) is 12.2 Å². The number of ether oxygens (including phenoxy) is 1. The third-order valence-electron chi connectivity index (χ3n) is 5.01. The van der Waals surface area contributed by atoms with Crippen molar-refractivity contribution in [2.75, 3.05) is 24.6 Å². The number of anilines is 1. The molecule has 5 nitrogen and oxygen atoms in total. The van der Waals surface area contributed by atoms with Crippen LogP contribution in [0.1, 0.15) is 31.7 Å². The molecule has 0 amide bonds. The number of aliphatic hydroxyl groups is 1. The molecular weight excluding hydrogens is 266 g/mol. The second-order valence-electron chi connectivity index (χ2n) is 5.90. The molecule has 1 spiro atoms. The van der Waals surface area contributed by atoms with Crippen LogP contribution in [-0.4, -0.2) is 42.0 Å². The van der Waals surface area contributed by atoms with E-state index in [1.165, 1.54) is 0 Å². The molecule has 1 N–H and O–H groups in total. The molecule has 5 heteroatoms. The van der Waals surface area contributed by atoms with Gasteiger partial charge in [0.25, 0.3) is 0 Å². The van der Waals surface area contributed by atoms with Crippen molar-refractivity contribution in [2.45, 2.75) is 38.4 Å². The molecule has 3 rings (SSSR count). The highest BCUT2D eigenvalue weighted by atomic mass is 16.5. The second kappa shape index (κ2) is 5.63. The van der Waals surface area contributed by atoms with Crippen LogP contribution in [0, 0.1) is 16.7 Å². The lowest BCUT2D eigenvalue weighted by molar-refractivity contribution is -0.199. The summed E-state index contributed by atoms with van der Waals surface area (Å²) in [7, 11) is 0. The van der Waals surface area contributed by atoms with E-state index in [4.69, 9.17) is 4.74 Å². The minimum absolute atomic E-state index is 0.0892.